The number of phenolic OH excluding ortho intramolecular Hbond substituents is 1. The van der Waals surface area contributed by atoms with Gasteiger partial charge in [0.25, 0.3) is 5.69 Å². The van der Waals surface area contributed by atoms with Crippen LogP contribution in [0.5, 0.6) is 11.5 Å². The zero-order chi connectivity index (χ0) is 16.1. The summed E-state index contributed by atoms with van der Waals surface area (Å²) in [5.41, 5.74) is 3.30. The van der Waals surface area contributed by atoms with Crippen LogP contribution in [0.1, 0.15) is 5.56 Å². The zero-order valence-electron chi connectivity index (χ0n) is 11.5. The highest BCUT2D eigenvalue weighted by atomic mass is 35.5. The quantitative estimate of drug-likeness (QED) is 0.499. The van der Waals surface area contributed by atoms with E-state index < -0.39 is 4.92 Å². The first kappa shape index (κ1) is 15.6. The number of anilines is 1. The molecule has 0 bridgehead atoms. The lowest BCUT2D eigenvalue weighted by Crippen LogP contribution is -1.98. The van der Waals surface area contributed by atoms with Crippen molar-refractivity contribution in [1.29, 1.82) is 0 Å². The molecule has 0 unspecified atom stereocenters. The van der Waals surface area contributed by atoms with Gasteiger partial charge in [0.1, 0.15) is 0 Å². The number of benzene rings is 2. The van der Waals surface area contributed by atoms with Gasteiger partial charge in [-0.25, -0.2) is 0 Å². The van der Waals surface area contributed by atoms with E-state index in [-0.39, 0.29) is 22.7 Å². The summed E-state index contributed by atoms with van der Waals surface area (Å²) in [6.45, 7) is 0. The minimum atomic E-state index is -0.578. The fraction of sp³-hybridized carbons (Fsp3) is 0.0714. The minimum absolute atomic E-state index is 0.0227. The van der Waals surface area contributed by atoms with Crippen LogP contribution in [0.15, 0.2) is 41.5 Å². The van der Waals surface area contributed by atoms with Gasteiger partial charge in [0.15, 0.2) is 11.5 Å². The Balaban J connectivity index is 2.24. The second-order valence-electron chi connectivity index (χ2n) is 4.22. The van der Waals surface area contributed by atoms with Crippen molar-refractivity contribution in [2.75, 3.05) is 12.5 Å². The summed E-state index contributed by atoms with van der Waals surface area (Å²) in [5, 5.41) is 25.2. The fourth-order valence-electron chi connectivity index (χ4n) is 1.70. The molecular weight excluding hydrogens is 310 g/mol. The van der Waals surface area contributed by atoms with Crippen molar-refractivity contribution in [3.63, 3.8) is 0 Å². The predicted molar refractivity (Wildman–Crippen MR) is 84.0 cm³/mol. The number of methoxy groups -OCH3 is 1. The van der Waals surface area contributed by atoms with Crippen molar-refractivity contribution in [1.82, 2.24) is 0 Å². The van der Waals surface area contributed by atoms with Gasteiger partial charge in [-0.1, -0.05) is 11.6 Å². The first-order chi connectivity index (χ1) is 10.5. The van der Waals surface area contributed by atoms with Crippen LogP contribution in [0, 0.1) is 10.1 Å². The molecule has 2 aromatic rings. The Labute approximate surface area is 130 Å². The lowest BCUT2D eigenvalue weighted by atomic mass is 10.1. The van der Waals surface area contributed by atoms with Crippen molar-refractivity contribution >= 4 is 29.2 Å². The van der Waals surface area contributed by atoms with Crippen LogP contribution >= 0.6 is 11.6 Å². The van der Waals surface area contributed by atoms with Gasteiger partial charge in [0, 0.05) is 5.02 Å². The van der Waals surface area contributed by atoms with Crippen LogP contribution in [0.25, 0.3) is 0 Å². The number of nitro groups is 1. The number of nitrogens with one attached hydrogen (secondary N) is 1. The summed E-state index contributed by atoms with van der Waals surface area (Å²) in [6.07, 6.45) is 1.24. The molecule has 0 radical (unpaired) electrons. The molecule has 0 saturated carbocycles. The highest BCUT2D eigenvalue weighted by molar-refractivity contribution is 6.30. The number of rotatable bonds is 5. The first-order valence-corrected chi connectivity index (χ1v) is 6.49. The number of hydrogen-bond donors (Lipinski definition) is 2. The number of phenols is 1. The Morgan fingerprint density at radius 1 is 1.36 bits per heavy atom. The van der Waals surface area contributed by atoms with Crippen LogP contribution in [-0.2, 0) is 0 Å². The Bertz CT molecular complexity index is 717. The van der Waals surface area contributed by atoms with Gasteiger partial charge in [0.2, 0.25) is 0 Å². The van der Waals surface area contributed by atoms with Gasteiger partial charge in [-0.15, -0.1) is 0 Å². The third kappa shape index (κ3) is 3.64. The maximum Gasteiger partial charge on any atom is 0.282 e. The third-order valence-corrected chi connectivity index (χ3v) is 3.02. The molecule has 0 heterocycles. The van der Waals surface area contributed by atoms with Gasteiger partial charge in [-0.3, -0.25) is 15.5 Å². The maximum atomic E-state index is 11.0. The summed E-state index contributed by atoms with van der Waals surface area (Å²) in [6, 6.07) is 9.13. The molecular formula is C14H12ClN3O4. The molecule has 0 aliphatic rings. The van der Waals surface area contributed by atoms with Crippen molar-refractivity contribution < 1.29 is 14.8 Å². The molecule has 0 amide bonds. The highest BCUT2D eigenvalue weighted by Crippen LogP contribution is 2.32. The van der Waals surface area contributed by atoms with Crippen molar-refractivity contribution in [2.45, 2.75) is 0 Å². The van der Waals surface area contributed by atoms with Crippen molar-refractivity contribution in [2.24, 2.45) is 5.10 Å². The fourth-order valence-corrected chi connectivity index (χ4v) is 1.83. The van der Waals surface area contributed by atoms with E-state index in [2.05, 4.69) is 10.5 Å². The van der Waals surface area contributed by atoms with Gasteiger partial charge in [0.05, 0.1) is 35.6 Å². The maximum absolute atomic E-state index is 11.0. The minimum Gasteiger partial charge on any atom is -0.504 e. The van der Waals surface area contributed by atoms with Gasteiger partial charge < -0.3 is 9.84 Å². The molecule has 0 aliphatic carbocycles. The summed E-state index contributed by atoms with van der Waals surface area (Å²) < 4.78 is 4.85. The van der Waals surface area contributed by atoms with Gasteiger partial charge in [-0.2, -0.15) is 5.10 Å². The normalized spacial score (nSPS) is 10.6. The number of aromatic hydroxyl groups is 1. The largest absolute Gasteiger partial charge is 0.504 e. The topological polar surface area (TPSA) is 97.0 Å². The average molecular weight is 322 g/mol. The molecule has 22 heavy (non-hydrogen) atoms. The lowest BCUT2D eigenvalue weighted by molar-refractivity contribution is -0.385. The first-order valence-electron chi connectivity index (χ1n) is 6.11. The molecule has 2 aromatic carbocycles. The molecule has 7 nitrogen and oxygen atoms in total. The molecule has 0 atom stereocenters. The van der Waals surface area contributed by atoms with E-state index in [0.29, 0.717) is 10.7 Å². The van der Waals surface area contributed by atoms with E-state index in [0.717, 1.165) is 6.07 Å². The molecule has 8 heteroatoms. The number of nitro benzene ring substituents is 1. The monoisotopic (exact) mass is 321 g/mol. The molecule has 0 fully saturated rings. The van der Waals surface area contributed by atoms with Crippen molar-refractivity contribution in [3.05, 3.63) is 57.1 Å². The Morgan fingerprint density at radius 3 is 2.64 bits per heavy atom. The van der Waals surface area contributed by atoms with Gasteiger partial charge in [-0.05, 0) is 30.3 Å². The molecule has 0 spiro atoms. The van der Waals surface area contributed by atoms with Crippen LogP contribution in [-0.4, -0.2) is 23.4 Å². The molecule has 2 rings (SSSR count). The van der Waals surface area contributed by atoms with E-state index >= 15 is 0 Å². The lowest BCUT2D eigenvalue weighted by Gasteiger charge is -2.05. The van der Waals surface area contributed by atoms with E-state index in [9.17, 15) is 15.2 Å². The van der Waals surface area contributed by atoms with Crippen LogP contribution in [0.3, 0.4) is 0 Å². The summed E-state index contributed by atoms with van der Waals surface area (Å²) in [5.74, 6) is -0.185. The molecule has 0 aliphatic heterocycles. The van der Waals surface area contributed by atoms with Crippen LogP contribution < -0.4 is 10.2 Å². The summed E-state index contributed by atoms with van der Waals surface area (Å²) in [4.78, 5) is 10.5. The predicted octanol–water partition coefficient (Wildman–Crippen LogP) is 3.41. The van der Waals surface area contributed by atoms with Gasteiger partial charge >= 0.3 is 0 Å². The zero-order valence-corrected chi connectivity index (χ0v) is 12.2. The smallest absolute Gasteiger partial charge is 0.282 e. The van der Waals surface area contributed by atoms with E-state index in [1.807, 2.05) is 0 Å². The summed E-state index contributed by atoms with van der Waals surface area (Å²) in [7, 11) is 1.31. The second-order valence-corrected chi connectivity index (χ2v) is 4.65. The van der Waals surface area contributed by atoms with E-state index in [4.69, 9.17) is 16.3 Å². The Kier molecular flexibility index (Phi) is 4.80. The Morgan fingerprint density at radius 2 is 2.05 bits per heavy atom. The standard InChI is InChI=1S/C14H12ClN3O4/c1-22-14-7-12(18(20)21)9(6-13(14)19)8-16-17-11-4-2-10(15)3-5-11/h2-8,17,19H,1H3. The van der Waals surface area contributed by atoms with E-state index in [1.54, 1.807) is 24.3 Å². The number of hydrazone groups is 1. The molecule has 114 valence electrons. The molecule has 0 saturated heterocycles. The number of hydrogen-bond acceptors (Lipinski definition) is 6. The van der Waals surface area contributed by atoms with Crippen molar-refractivity contribution in [3.8, 4) is 11.5 Å². The second kappa shape index (κ2) is 6.77. The molecule has 0 aromatic heterocycles. The van der Waals surface area contributed by atoms with Crippen LogP contribution in [0.4, 0.5) is 11.4 Å². The number of ether oxygens (including phenoxy) is 1. The summed E-state index contributed by atoms with van der Waals surface area (Å²) >= 11 is 5.76. The number of nitrogens with zero attached hydrogens (tertiary/aromatic N) is 2. The average Bonchev–Trinajstić information content (AvgIpc) is 2.49. The van der Waals surface area contributed by atoms with Crippen LogP contribution in [0.2, 0.25) is 5.02 Å². The van der Waals surface area contributed by atoms with E-state index in [1.165, 1.54) is 19.4 Å². The molecule has 2 N–H and O–H groups in total. The Hall–Kier alpha value is -2.80. The SMILES string of the molecule is COc1cc([N+](=O)[O-])c(C=NNc2ccc(Cl)cc2)cc1O. The third-order valence-electron chi connectivity index (χ3n) is 2.77. The highest BCUT2D eigenvalue weighted by Gasteiger charge is 2.17. The number of halogens is 1.